The molecular formula is C26H26F2N4O. The number of morpholine rings is 1. The second kappa shape index (κ2) is 7.29. The molecule has 3 atom stereocenters. The van der Waals surface area contributed by atoms with Crippen LogP contribution in [-0.2, 0) is 10.2 Å². The van der Waals surface area contributed by atoms with Crippen molar-refractivity contribution >= 4 is 5.82 Å². The molecule has 1 saturated heterocycles. The third-order valence-electron chi connectivity index (χ3n) is 8.28. The summed E-state index contributed by atoms with van der Waals surface area (Å²) in [6.45, 7) is 6.68. The van der Waals surface area contributed by atoms with Crippen molar-refractivity contribution < 1.29 is 13.5 Å². The van der Waals surface area contributed by atoms with Crippen LogP contribution in [0.15, 0.2) is 48.7 Å². The van der Waals surface area contributed by atoms with Gasteiger partial charge in [0.1, 0.15) is 17.5 Å². The van der Waals surface area contributed by atoms with Gasteiger partial charge in [0.25, 0.3) is 0 Å². The number of rotatable bonds is 3. The van der Waals surface area contributed by atoms with Gasteiger partial charge in [-0.15, -0.1) is 0 Å². The van der Waals surface area contributed by atoms with E-state index in [1.165, 1.54) is 18.2 Å². The molecular weight excluding hydrogens is 422 g/mol. The molecule has 7 heteroatoms. The van der Waals surface area contributed by atoms with Crippen molar-refractivity contribution in [2.75, 3.05) is 24.6 Å². The molecule has 2 aliphatic carbocycles. The Kier molecular flexibility index (Phi) is 4.56. The number of pyridine rings is 1. The van der Waals surface area contributed by atoms with E-state index in [2.05, 4.69) is 33.9 Å². The number of anilines is 1. The summed E-state index contributed by atoms with van der Waals surface area (Å²) in [5.41, 5.74) is 1.70. The molecule has 0 amide bonds. The lowest BCUT2D eigenvalue weighted by molar-refractivity contribution is -0.0467. The number of fused-ring (bicyclic) bond motifs is 5. The van der Waals surface area contributed by atoms with Gasteiger partial charge in [-0.2, -0.15) is 10.2 Å². The summed E-state index contributed by atoms with van der Waals surface area (Å²) in [4.78, 5) is 6.81. The number of nitrogens with zero attached hydrogens (tertiary/aromatic N) is 4. The van der Waals surface area contributed by atoms with Crippen LogP contribution in [0.4, 0.5) is 14.6 Å². The highest BCUT2D eigenvalue weighted by Gasteiger charge is 2.67. The Bertz CT molecular complexity index is 1200. The second-order valence-corrected chi connectivity index (χ2v) is 9.91. The van der Waals surface area contributed by atoms with Crippen LogP contribution < -0.4 is 4.90 Å². The Morgan fingerprint density at radius 3 is 2.64 bits per heavy atom. The molecule has 0 radical (unpaired) electrons. The molecule has 33 heavy (non-hydrogen) atoms. The number of ether oxygens (including phenoxy) is 1. The molecule has 0 N–H and O–H groups in total. The molecule has 5 nitrogen and oxygen atoms in total. The topological polar surface area (TPSA) is 51.1 Å². The summed E-state index contributed by atoms with van der Waals surface area (Å²) in [7, 11) is 0. The lowest BCUT2D eigenvalue weighted by Gasteiger charge is -2.47. The Morgan fingerprint density at radius 2 is 1.88 bits per heavy atom. The van der Waals surface area contributed by atoms with Crippen molar-refractivity contribution in [3.8, 4) is 11.3 Å². The summed E-state index contributed by atoms with van der Waals surface area (Å²) in [5, 5.41) is 8.98. The summed E-state index contributed by atoms with van der Waals surface area (Å²) in [6, 6.07) is 11.7. The number of hydrogen-bond donors (Lipinski definition) is 0. The molecule has 3 aliphatic rings. The smallest absolute Gasteiger partial charge is 0.135 e. The third-order valence-corrected chi connectivity index (χ3v) is 8.28. The molecule has 170 valence electrons. The maximum Gasteiger partial charge on any atom is 0.135 e. The molecule has 1 aliphatic heterocycles. The van der Waals surface area contributed by atoms with Crippen molar-refractivity contribution in [3.63, 3.8) is 0 Å². The van der Waals surface area contributed by atoms with Crippen molar-refractivity contribution in [1.82, 2.24) is 15.2 Å². The standard InChI is InChI=1S/C26H26F2N4O/c1-25(2)17-9-10-26(25,21-15-32(12-13-33-21)22-8-3-4-11-29-22)24-16(17)14-20(30-31-24)23-18(27)6-5-7-19(23)28/h3-8,11,14,17,21H,9-10,12-13,15H2,1-2H3/t17-,21+,26-/m0/s1. The van der Waals surface area contributed by atoms with Gasteiger partial charge < -0.3 is 9.64 Å². The van der Waals surface area contributed by atoms with Gasteiger partial charge in [0.2, 0.25) is 0 Å². The molecule has 6 rings (SSSR count). The van der Waals surface area contributed by atoms with Gasteiger partial charge in [0, 0.05) is 24.7 Å². The molecule has 3 heterocycles. The molecule has 0 spiro atoms. The highest BCUT2D eigenvalue weighted by molar-refractivity contribution is 5.63. The SMILES string of the molecule is CC1(C)[C@H]2CC[C@]1([C@H]1CN(c3ccccn3)CCO1)c1nnc(-c3c(F)cccc3F)cc12. The fourth-order valence-electron chi connectivity index (χ4n) is 6.64. The van der Waals surface area contributed by atoms with Crippen LogP contribution >= 0.6 is 0 Å². The van der Waals surface area contributed by atoms with E-state index in [4.69, 9.17) is 4.74 Å². The van der Waals surface area contributed by atoms with E-state index in [0.717, 1.165) is 43.0 Å². The van der Waals surface area contributed by atoms with Crippen LogP contribution in [0.25, 0.3) is 11.3 Å². The Labute approximate surface area is 191 Å². The first-order valence-electron chi connectivity index (χ1n) is 11.5. The van der Waals surface area contributed by atoms with Crippen molar-refractivity contribution in [3.05, 3.63) is 71.6 Å². The van der Waals surface area contributed by atoms with E-state index in [0.29, 0.717) is 6.61 Å². The summed E-state index contributed by atoms with van der Waals surface area (Å²) in [6.07, 6.45) is 3.70. The van der Waals surface area contributed by atoms with E-state index < -0.39 is 11.6 Å². The van der Waals surface area contributed by atoms with Crippen LogP contribution in [0.3, 0.4) is 0 Å². The van der Waals surface area contributed by atoms with Gasteiger partial charge >= 0.3 is 0 Å². The van der Waals surface area contributed by atoms with E-state index in [1.54, 1.807) is 0 Å². The predicted octanol–water partition coefficient (Wildman–Crippen LogP) is 4.88. The number of halogens is 2. The Morgan fingerprint density at radius 1 is 1.06 bits per heavy atom. The summed E-state index contributed by atoms with van der Waals surface area (Å²) < 4.78 is 35.3. The van der Waals surface area contributed by atoms with Crippen LogP contribution in [0.1, 0.15) is 43.9 Å². The highest BCUT2D eigenvalue weighted by atomic mass is 19.1. The number of hydrogen-bond acceptors (Lipinski definition) is 5. The lowest BCUT2D eigenvalue weighted by Crippen LogP contribution is -2.56. The normalized spacial score (nSPS) is 27.6. The van der Waals surface area contributed by atoms with Crippen LogP contribution in [0.2, 0.25) is 0 Å². The minimum absolute atomic E-state index is 0.0696. The monoisotopic (exact) mass is 448 g/mol. The van der Waals surface area contributed by atoms with E-state index in [-0.39, 0.29) is 34.1 Å². The lowest BCUT2D eigenvalue weighted by atomic mass is 9.64. The van der Waals surface area contributed by atoms with Gasteiger partial charge in [-0.3, -0.25) is 0 Å². The first-order valence-corrected chi connectivity index (χ1v) is 11.5. The highest BCUT2D eigenvalue weighted by Crippen LogP contribution is 2.69. The molecule has 3 aromatic rings. The van der Waals surface area contributed by atoms with Crippen molar-refractivity contribution in [2.24, 2.45) is 5.41 Å². The van der Waals surface area contributed by atoms with Gasteiger partial charge in [-0.25, -0.2) is 13.8 Å². The summed E-state index contributed by atoms with van der Waals surface area (Å²) in [5.74, 6) is -0.0550. The van der Waals surface area contributed by atoms with Crippen LogP contribution in [0.5, 0.6) is 0 Å². The quantitative estimate of drug-likeness (QED) is 0.572. The molecule has 0 unspecified atom stereocenters. The zero-order valence-corrected chi connectivity index (χ0v) is 18.8. The molecule has 1 saturated carbocycles. The minimum atomic E-state index is -0.622. The largest absolute Gasteiger partial charge is 0.374 e. The fraction of sp³-hybridized carbons (Fsp3) is 0.423. The van der Waals surface area contributed by atoms with Gasteiger partial charge in [-0.1, -0.05) is 26.0 Å². The first-order chi connectivity index (χ1) is 15.9. The number of benzene rings is 1. The van der Waals surface area contributed by atoms with Crippen molar-refractivity contribution in [2.45, 2.75) is 44.1 Å². The minimum Gasteiger partial charge on any atom is -0.374 e. The average Bonchev–Trinajstić information content (AvgIpc) is 3.21. The zero-order valence-electron chi connectivity index (χ0n) is 18.8. The van der Waals surface area contributed by atoms with E-state index >= 15 is 0 Å². The maximum atomic E-state index is 14.5. The summed E-state index contributed by atoms with van der Waals surface area (Å²) >= 11 is 0. The first kappa shape index (κ1) is 20.7. The van der Waals surface area contributed by atoms with Crippen molar-refractivity contribution in [1.29, 1.82) is 0 Å². The number of aromatic nitrogens is 3. The second-order valence-electron chi connectivity index (χ2n) is 9.91. The van der Waals surface area contributed by atoms with Crippen LogP contribution in [-0.4, -0.2) is 41.0 Å². The van der Waals surface area contributed by atoms with Gasteiger partial charge in [-0.05, 0) is 60.1 Å². The van der Waals surface area contributed by atoms with Gasteiger partial charge in [0.05, 0.1) is 29.7 Å². The fourth-order valence-corrected chi connectivity index (χ4v) is 6.64. The van der Waals surface area contributed by atoms with Gasteiger partial charge in [0.15, 0.2) is 0 Å². The Balaban J connectivity index is 1.43. The third kappa shape index (κ3) is 2.81. The molecule has 2 fully saturated rings. The molecule has 1 aromatic carbocycles. The molecule has 2 bridgehead atoms. The Hall–Kier alpha value is -2.93. The predicted molar refractivity (Wildman–Crippen MR) is 121 cm³/mol. The molecule has 2 aromatic heterocycles. The van der Waals surface area contributed by atoms with E-state index in [1.807, 2.05) is 30.5 Å². The van der Waals surface area contributed by atoms with Crippen LogP contribution in [0, 0.1) is 17.0 Å². The maximum absolute atomic E-state index is 14.5. The zero-order chi connectivity index (χ0) is 22.8. The average molecular weight is 449 g/mol. The van der Waals surface area contributed by atoms with E-state index in [9.17, 15) is 8.78 Å².